The van der Waals surface area contributed by atoms with Crippen LogP contribution in [-0.4, -0.2) is 28.7 Å². The molecule has 0 atom stereocenters. The minimum absolute atomic E-state index is 0.00304. The number of hydrogen-bond donors (Lipinski definition) is 3. The lowest BCUT2D eigenvalue weighted by Gasteiger charge is -2.05. The number of hydrogen-bond acceptors (Lipinski definition) is 6. The number of nitrogens with one attached hydrogen (secondary N) is 2. The molecule has 2 aromatic rings. The number of thiazole rings is 1. The number of aliphatic hydroxyl groups is 1. The molecule has 0 saturated heterocycles. The fourth-order valence-electron chi connectivity index (χ4n) is 1.65. The average molecular weight is 302 g/mol. The Morgan fingerprint density at radius 3 is 2.79 bits per heavy atom. The normalized spacial score (nSPS) is 11.9. The van der Waals surface area contributed by atoms with Gasteiger partial charge in [-0.15, -0.1) is 11.3 Å². The van der Waals surface area contributed by atoms with Gasteiger partial charge in [-0.05, 0) is 13.8 Å². The Balaban J connectivity index is 2.20. The van der Waals surface area contributed by atoms with Crippen LogP contribution in [0.4, 0.5) is 0 Å². The number of nitrogens with zero attached hydrogens (tertiary/aromatic N) is 2. The van der Waals surface area contributed by atoms with Crippen molar-refractivity contribution in [2.24, 2.45) is 0 Å². The largest absolute Gasteiger partial charge is 0.390 e. The Morgan fingerprint density at radius 1 is 1.47 bits per heavy atom. The highest BCUT2D eigenvalue weighted by molar-refractivity contribution is 7.89. The molecule has 0 saturated carbocycles. The number of aliphatic hydroxyl groups excluding tert-OH is 1. The van der Waals surface area contributed by atoms with Gasteiger partial charge in [-0.1, -0.05) is 0 Å². The SMILES string of the molecule is Cc1cnc(CNS(=O)(=O)c2c(CO)n[nH]c2C)s1. The summed E-state index contributed by atoms with van der Waals surface area (Å²) in [5.41, 5.74) is 0.507. The van der Waals surface area contributed by atoms with Gasteiger partial charge in [0.2, 0.25) is 10.0 Å². The second kappa shape index (κ2) is 5.37. The van der Waals surface area contributed by atoms with E-state index in [-0.39, 0.29) is 17.1 Å². The molecule has 0 aliphatic heterocycles. The van der Waals surface area contributed by atoms with E-state index in [1.165, 1.54) is 11.3 Å². The average Bonchev–Trinajstić information content (AvgIpc) is 2.93. The molecule has 2 heterocycles. The molecule has 2 aromatic heterocycles. The van der Waals surface area contributed by atoms with Gasteiger partial charge in [0.15, 0.2) is 0 Å². The summed E-state index contributed by atoms with van der Waals surface area (Å²) in [5, 5.41) is 16.1. The zero-order valence-electron chi connectivity index (χ0n) is 10.5. The van der Waals surface area contributed by atoms with E-state index >= 15 is 0 Å². The van der Waals surface area contributed by atoms with Crippen molar-refractivity contribution in [3.63, 3.8) is 0 Å². The van der Waals surface area contributed by atoms with Crippen molar-refractivity contribution in [2.75, 3.05) is 0 Å². The van der Waals surface area contributed by atoms with Crippen LogP contribution in [0.1, 0.15) is 21.3 Å². The molecule has 0 radical (unpaired) electrons. The van der Waals surface area contributed by atoms with E-state index in [2.05, 4.69) is 19.9 Å². The Hall–Kier alpha value is -1.29. The van der Waals surface area contributed by atoms with Crippen molar-refractivity contribution in [3.05, 3.63) is 27.5 Å². The van der Waals surface area contributed by atoms with Crippen molar-refractivity contribution in [3.8, 4) is 0 Å². The van der Waals surface area contributed by atoms with Crippen LogP contribution in [0, 0.1) is 13.8 Å². The highest BCUT2D eigenvalue weighted by Crippen LogP contribution is 2.18. The van der Waals surface area contributed by atoms with Gasteiger partial charge in [0.1, 0.15) is 15.6 Å². The monoisotopic (exact) mass is 302 g/mol. The van der Waals surface area contributed by atoms with E-state index in [0.717, 1.165) is 4.88 Å². The zero-order chi connectivity index (χ0) is 14.0. The summed E-state index contributed by atoms with van der Waals surface area (Å²) in [6.45, 7) is 3.18. The third-order valence-corrected chi connectivity index (χ3v) is 4.98. The molecule has 0 aliphatic rings. The summed E-state index contributed by atoms with van der Waals surface area (Å²) in [6.07, 6.45) is 1.69. The van der Waals surface area contributed by atoms with Gasteiger partial charge in [0.05, 0.1) is 18.8 Å². The summed E-state index contributed by atoms with van der Waals surface area (Å²) in [6, 6.07) is 0. The Bertz CT molecular complexity index is 675. The predicted molar refractivity (Wildman–Crippen MR) is 70.1 cm³/mol. The summed E-state index contributed by atoms with van der Waals surface area (Å²) >= 11 is 1.43. The Kier molecular flexibility index (Phi) is 3.99. The first-order valence-electron chi connectivity index (χ1n) is 5.49. The number of aromatic amines is 1. The summed E-state index contributed by atoms with van der Waals surface area (Å²) in [7, 11) is -3.72. The molecule has 0 aliphatic carbocycles. The van der Waals surface area contributed by atoms with Gasteiger partial charge in [-0.2, -0.15) is 5.10 Å². The van der Waals surface area contributed by atoms with E-state index in [1.807, 2.05) is 6.92 Å². The number of aromatic nitrogens is 3. The number of aryl methyl sites for hydroxylation is 2. The molecule has 0 aromatic carbocycles. The standard InChI is InChI=1S/C10H14N4O3S2/c1-6-3-11-9(18-6)4-12-19(16,17)10-7(2)13-14-8(10)5-15/h3,12,15H,4-5H2,1-2H3,(H,13,14). The molecule has 0 spiro atoms. The van der Waals surface area contributed by atoms with E-state index in [0.29, 0.717) is 10.7 Å². The molecule has 0 fully saturated rings. The molecule has 104 valence electrons. The predicted octanol–water partition coefficient (Wildman–Crippen LogP) is 0.454. The molecule has 0 amide bonds. The maximum absolute atomic E-state index is 12.2. The van der Waals surface area contributed by atoms with Crippen molar-refractivity contribution in [1.29, 1.82) is 0 Å². The van der Waals surface area contributed by atoms with Gasteiger partial charge in [-0.3, -0.25) is 5.10 Å². The molecular formula is C10H14N4O3S2. The molecule has 9 heteroatoms. The second-order valence-electron chi connectivity index (χ2n) is 3.97. The minimum atomic E-state index is -3.72. The van der Waals surface area contributed by atoms with E-state index in [4.69, 9.17) is 5.11 Å². The van der Waals surface area contributed by atoms with Crippen LogP contribution >= 0.6 is 11.3 Å². The van der Waals surface area contributed by atoms with E-state index < -0.39 is 16.6 Å². The molecule has 19 heavy (non-hydrogen) atoms. The number of sulfonamides is 1. The van der Waals surface area contributed by atoms with Gasteiger partial charge < -0.3 is 5.11 Å². The van der Waals surface area contributed by atoms with Crippen molar-refractivity contribution < 1.29 is 13.5 Å². The molecule has 7 nitrogen and oxygen atoms in total. The van der Waals surface area contributed by atoms with Crippen LogP contribution in [0.5, 0.6) is 0 Å². The number of H-pyrrole nitrogens is 1. The highest BCUT2D eigenvalue weighted by Gasteiger charge is 2.23. The lowest BCUT2D eigenvalue weighted by Crippen LogP contribution is -2.24. The molecule has 3 N–H and O–H groups in total. The topological polar surface area (TPSA) is 108 Å². The minimum Gasteiger partial charge on any atom is -0.390 e. The van der Waals surface area contributed by atoms with Crippen molar-refractivity contribution in [1.82, 2.24) is 19.9 Å². The maximum atomic E-state index is 12.2. The zero-order valence-corrected chi connectivity index (χ0v) is 12.1. The molecular weight excluding hydrogens is 288 g/mol. The lowest BCUT2D eigenvalue weighted by molar-refractivity contribution is 0.273. The first-order chi connectivity index (χ1) is 8.94. The van der Waals surface area contributed by atoms with Gasteiger partial charge in [0.25, 0.3) is 0 Å². The van der Waals surface area contributed by atoms with Crippen LogP contribution in [0.25, 0.3) is 0 Å². The second-order valence-corrected chi connectivity index (χ2v) is 6.99. The fourth-order valence-corrected chi connectivity index (χ4v) is 3.80. The van der Waals surface area contributed by atoms with Crippen LogP contribution in [0.15, 0.2) is 11.1 Å². The summed E-state index contributed by atoms with van der Waals surface area (Å²) in [5.74, 6) is 0. The van der Waals surface area contributed by atoms with Crippen LogP contribution < -0.4 is 4.72 Å². The first-order valence-corrected chi connectivity index (χ1v) is 7.79. The van der Waals surface area contributed by atoms with Gasteiger partial charge in [0, 0.05) is 11.1 Å². The number of rotatable bonds is 5. The van der Waals surface area contributed by atoms with Crippen LogP contribution in [0.2, 0.25) is 0 Å². The molecule has 0 bridgehead atoms. The smallest absolute Gasteiger partial charge is 0.244 e. The fraction of sp³-hybridized carbons (Fsp3) is 0.400. The van der Waals surface area contributed by atoms with Gasteiger partial charge in [-0.25, -0.2) is 18.1 Å². The van der Waals surface area contributed by atoms with Crippen LogP contribution in [-0.2, 0) is 23.2 Å². The molecule has 0 unspecified atom stereocenters. The summed E-state index contributed by atoms with van der Waals surface area (Å²) < 4.78 is 26.8. The molecule has 2 rings (SSSR count). The van der Waals surface area contributed by atoms with Gasteiger partial charge >= 0.3 is 0 Å². The quantitative estimate of drug-likeness (QED) is 0.743. The summed E-state index contributed by atoms with van der Waals surface area (Å²) in [4.78, 5) is 5.11. The van der Waals surface area contributed by atoms with E-state index in [9.17, 15) is 8.42 Å². The van der Waals surface area contributed by atoms with Crippen molar-refractivity contribution in [2.45, 2.75) is 31.9 Å². The van der Waals surface area contributed by atoms with Crippen LogP contribution in [0.3, 0.4) is 0 Å². The Morgan fingerprint density at radius 2 is 2.21 bits per heavy atom. The first kappa shape index (κ1) is 14.1. The third-order valence-electron chi connectivity index (χ3n) is 2.46. The maximum Gasteiger partial charge on any atom is 0.244 e. The highest BCUT2D eigenvalue weighted by atomic mass is 32.2. The lowest BCUT2D eigenvalue weighted by atomic mass is 10.4. The van der Waals surface area contributed by atoms with E-state index in [1.54, 1.807) is 13.1 Å². The third kappa shape index (κ3) is 3.00. The van der Waals surface area contributed by atoms with Crippen molar-refractivity contribution >= 4 is 21.4 Å². The Labute approximate surface area is 114 Å².